The lowest BCUT2D eigenvalue weighted by Crippen LogP contribution is -2.13. The van der Waals surface area contributed by atoms with Crippen LogP contribution in [0.15, 0.2) is 11.5 Å². The van der Waals surface area contributed by atoms with E-state index < -0.39 is 12.0 Å². The molecule has 0 radical (unpaired) electrons. The van der Waals surface area contributed by atoms with Crippen molar-refractivity contribution < 1.29 is 8.78 Å². The molecule has 0 aliphatic heterocycles. The van der Waals surface area contributed by atoms with Gasteiger partial charge in [0.25, 0.3) is 0 Å². The molecule has 1 unspecified atom stereocenters. The molecular formula is C6H9F2N. The van der Waals surface area contributed by atoms with Crippen LogP contribution in [0.2, 0.25) is 0 Å². The van der Waals surface area contributed by atoms with Crippen molar-refractivity contribution in [3.8, 4) is 0 Å². The molecule has 0 aromatic rings. The van der Waals surface area contributed by atoms with Gasteiger partial charge in [-0.1, -0.05) is 0 Å². The second-order valence-electron chi connectivity index (χ2n) is 2.27. The number of rotatable bonds is 0. The fraction of sp³-hybridized carbons (Fsp3) is 0.667. The van der Waals surface area contributed by atoms with Crippen LogP contribution in [0.1, 0.15) is 19.3 Å². The second-order valence-corrected chi connectivity index (χ2v) is 2.27. The van der Waals surface area contributed by atoms with Gasteiger partial charge >= 0.3 is 0 Å². The minimum Gasteiger partial charge on any atom is -0.400 e. The average Bonchev–Trinajstić information content (AvgIpc) is 1.80. The zero-order valence-corrected chi connectivity index (χ0v) is 5.03. The van der Waals surface area contributed by atoms with Crippen LogP contribution in [0, 0.1) is 0 Å². The van der Waals surface area contributed by atoms with E-state index in [9.17, 15) is 8.78 Å². The molecule has 0 saturated carbocycles. The highest BCUT2D eigenvalue weighted by atomic mass is 19.1. The van der Waals surface area contributed by atoms with Gasteiger partial charge in [-0.3, -0.25) is 0 Å². The molecule has 0 amide bonds. The van der Waals surface area contributed by atoms with Crippen molar-refractivity contribution in [2.45, 2.75) is 25.4 Å². The third-order valence-corrected chi connectivity index (χ3v) is 1.48. The molecule has 0 aromatic carbocycles. The van der Waals surface area contributed by atoms with Crippen LogP contribution >= 0.6 is 0 Å². The molecule has 1 aliphatic rings. The molecule has 1 rings (SSSR count). The van der Waals surface area contributed by atoms with Gasteiger partial charge in [0.2, 0.25) is 0 Å². The zero-order valence-electron chi connectivity index (χ0n) is 5.03. The number of nitrogens with two attached hydrogens (primary N) is 1. The van der Waals surface area contributed by atoms with Crippen molar-refractivity contribution in [1.82, 2.24) is 0 Å². The minimum atomic E-state index is -1.02. The van der Waals surface area contributed by atoms with Crippen LogP contribution in [0.25, 0.3) is 0 Å². The second kappa shape index (κ2) is 2.33. The normalized spacial score (nSPS) is 28.9. The van der Waals surface area contributed by atoms with Gasteiger partial charge in [-0.15, -0.1) is 0 Å². The first-order valence-electron chi connectivity index (χ1n) is 2.97. The third kappa shape index (κ3) is 1.40. The van der Waals surface area contributed by atoms with Crippen LogP contribution in [0.3, 0.4) is 0 Å². The molecule has 1 nitrogen and oxygen atoms in total. The summed E-state index contributed by atoms with van der Waals surface area (Å²) in [4.78, 5) is 0. The van der Waals surface area contributed by atoms with Crippen molar-refractivity contribution in [2.24, 2.45) is 5.73 Å². The summed E-state index contributed by atoms with van der Waals surface area (Å²) in [6.45, 7) is 0. The first kappa shape index (κ1) is 6.52. The summed E-state index contributed by atoms with van der Waals surface area (Å²) in [7, 11) is 0. The highest BCUT2D eigenvalue weighted by Gasteiger charge is 2.18. The van der Waals surface area contributed by atoms with Gasteiger partial charge in [0.05, 0.1) is 0 Å². The first-order valence-corrected chi connectivity index (χ1v) is 2.97. The lowest BCUT2D eigenvalue weighted by atomic mass is 10.0. The summed E-state index contributed by atoms with van der Waals surface area (Å²) in [6, 6.07) is 0. The monoisotopic (exact) mass is 133 g/mol. The molecular weight excluding hydrogens is 124 g/mol. The topological polar surface area (TPSA) is 26.0 Å². The summed E-state index contributed by atoms with van der Waals surface area (Å²) < 4.78 is 24.6. The predicted octanol–water partition coefficient (Wildman–Crippen LogP) is 1.65. The molecule has 1 aliphatic carbocycles. The van der Waals surface area contributed by atoms with Crippen LogP contribution in [-0.4, -0.2) is 6.17 Å². The van der Waals surface area contributed by atoms with E-state index in [1.807, 2.05) is 0 Å². The van der Waals surface area contributed by atoms with Crippen LogP contribution in [-0.2, 0) is 0 Å². The van der Waals surface area contributed by atoms with Crippen molar-refractivity contribution >= 4 is 0 Å². The van der Waals surface area contributed by atoms with Gasteiger partial charge in [0.1, 0.15) is 12.0 Å². The van der Waals surface area contributed by atoms with E-state index in [0.29, 0.717) is 12.8 Å². The molecule has 52 valence electrons. The fourth-order valence-electron chi connectivity index (χ4n) is 0.875. The van der Waals surface area contributed by atoms with Crippen LogP contribution < -0.4 is 5.73 Å². The number of alkyl halides is 1. The Hall–Kier alpha value is -0.600. The summed E-state index contributed by atoms with van der Waals surface area (Å²) in [6.07, 6.45) is -0.393. The average molecular weight is 133 g/mol. The minimum absolute atomic E-state index is 0.119. The largest absolute Gasteiger partial charge is 0.400 e. The van der Waals surface area contributed by atoms with Crippen molar-refractivity contribution in [3.05, 3.63) is 11.5 Å². The molecule has 3 heteroatoms. The molecule has 9 heavy (non-hydrogen) atoms. The summed E-state index contributed by atoms with van der Waals surface area (Å²) in [5, 5.41) is 0. The Kier molecular flexibility index (Phi) is 1.69. The number of hydrogen-bond acceptors (Lipinski definition) is 1. The highest BCUT2D eigenvalue weighted by molar-refractivity contribution is 5.08. The van der Waals surface area contributed by atoms with Gasteiger partial charge in [0.15, 0.2) is 0 Å². The van der Waals surface area contributed by atoms with E-state index in [2.05, 4.69) is 0 Å². The van der Waals surface area contributed by atoms with E-state index in [1.54, 1.807) is 0 Å². The Morgan fingerprint density at radius 1 is 1.56 bits per heavy atom. The van der Waals surface area contributed by atoms with E-state index in [0.717, 1.165) is 0 Å². The number of allylic oxidation sites excluding steroid dienone is 2. The maximum absolute atomic E-state index is 12.3. The van der Waals surface area contributed by atoms with Gasteiger partial charge in [-0.25, -0.2) is 8.78 Å². The number of hydrogen-bond donors (Lipinski definition) is 1. The smallest absolute Gasteiger partial charge is 0.121 e. The van der Waals surface area contributed by atoms with Crippen molar-refractivity contribution in [1.29, 1.82) is 0 Å². The summed E-state index contributed by atoms with van der Waals surface area (Å²) in [5.41, 5.74) is 5.40. The summed E-state index contributed by atoms with van der Waals surface area (Å²) >= 11 is 0. The first-order chi connectivity index (χ1) is 4.20. The molecule has 0 fully saturated rings. The lowest BCUT2D eigenvalue weighted by molar-refractivity contribution is 0.278. The van der Waals surface area contributed by atoms with Crippen molar-refractivity contribution in [2.75, 3.05) is 0 Å². The Balaban J connectivity index is 2.61. The Bertz CT molecular complexity index is 142. The third-order valence-electron chi connectivity index (χ3n) is 1.48. The maximum Gasteiger partial charge on any atom is 0.121 e. The predicted molar refractivity (Wildman–Crippen MR) is 31.1 cm³/mol. The maximum atomic E-state index is 12.3. The molecule has 0 bridgehead atoms. The van der Waals surface area contributed by atoms with Crippen molar-refractivity contribution in [3.63, 3.8) is 0 Å². The summed E-state index contributed by atoms with van der Waals surface area (Å²) in [5.74, 6) is -0.464. The Labute approximate surface area is 52.5 Å². The molecule has 0 spiro atoms. The van der Waals surface area contributed by atoms with Gasteiger partial charge in [-0.2, -0.15) is 0 Å². The fourth-order valence-corrected chi connectivity index (χ4v) is 0.875. The number of halogens is 2. The molecule has 0 saturated heterocycles. The van der Waals surface area contributed by atoms with Gasteiger partial charge in [-0.05, 0) is 12.8 Å². The zero-order chi connectivity index (χ0) is 6.85. The van der Waals surface area contributed by atoms with Gasteiger partial charge < -0.3 is 5.73 Å². The molecule has 0 heterocycles. The van der Waals surface area contributed by atoms with Crippen LogP contribution in [0.4, 0.5) is 8.78 Å². The van der Waals surface area contributed by atoms with E-state index >= 15 is 0 Å². The molecule has 0 aromatic heterocycles. The molecule has 2 N–H and O–H groups in total. The van der Waals surface area contributed by atoms with E-state index in [-0.39, 0.29) is 12.1 Å². The van der Waals surface area contributed by atoms with E-state index in [4.69, 9.17) is 5.73 Å². The lowest BCUT2D eigenvalue weighted by Gasteiger charge is -2.14. The Morgan fingerprint density at radius 3 is 2.67 bits per heavy atom. The Morgan fingerprint density at radius 2 is 2.22 bits per heavy atom. The molecule has 1 atom stereocenters. The van der Waals surface area contributed by atoms with E-state index in [1.165, 1.54) is 0 Å². The highest BCUT2D eigenvalue weighted by Crippen LogP contribution is 2.24. The van der Waals surface area contributed by atoms with Gasteiger partial charge in [0, 0.05) is 12.1 Å². The van der Waals surface area contributed by atoms with Crippen LogP contribution in [0.5, 0.6) is 0 Å². The SMILES string of the molecule is NC1=C(F)CC(F)CC1. The standard InChI is InChI=1S/C6H9F2N/c7-4-1-2-6(9)5(8)3-4/h4H,1-3,9H2. The quantitative estimate of drug-likeness (QED) is 0.534.